The number of rotatable bonds is 6. The van der Waals surface area contributed by atoms with Crippen molar-refractivity contribution in [2.75, 3.05) is 12.3 Å². The number of para-hydroxylation sites is 1. The molecule has 2 aromatic heterocycles. The number of aromatic nitrogens is 4. The van der Waals surface area contributed by atoms with Gasteiger partial charge in [-0.3, -0.25) is 9.78 Å². The summed E-state index contributed by atoms with van der Waals surface area (Å²) in [6.45, 7) is 6.38. The van der Waals surface area contributed by atoms with Crippen LogP contribution in [0, 0.1) is 20.8 Å². The molecule has 0 spiro atoms. The lowest BCUT2D eigenvalue weighted by atomic mass is 10.0. The van der Waals surface area contributed by atoms with Crippen molar-refractivity contribution in [3.05, 3.63) is 65.1 Å². The number of imidazole rings is 1. The van der Waals surface area contributed by atoms with E-state index in [0.29, 0.717) is 12.3 Å². The van der Waals surface area contributed by atoms with Crippen LogP contribution >= 0.6 is 11.8 Å². The standard InChI is InChI=1S/C25H25N5O2S/c1-14-7-8-20-21(9-14)30-25(29-20)33-13-22(31)27-12-18-10-17-5-4-6-19(24(17)32-18)23-16(3)26-11-15(2)28-23/h4-9,11,18H,10,12-13H2,1-3H3,(H,27,31)(H,29,30). The monoisotopic (exact) mass is 459 g/mol. The van der Waals surface area contributed by atoms with Crippen LogP contribution in [0.1, 0.15) is 22.5 Å². The van der Waals surface area contributed by atoms with E-state index in [4.69, 9.17) is 4.74 Å². The lowest BCUT2D eigenvalue weighted by Gasteiger charge is -2.14. The molecule has 3 heterocycles. The van der Waals surface area contributed by atoms with E-state index in [1.165, 1.54) is 17.3 Å². The van der Waals surface area contributed by atoms with Gasteiger partial charge in [-0.15, -0.1) is 0 Å². The maximum atomic E-state index is 12.4. The van der Waals surface area contributed by atoms with Crippen LogP contribution in [0.4, 0.5) is 0 Å². The zero-order valence-corrected chi connectivity index (χ0v) is 19.6. The first-order chi connectivity index (χ1) is 16.0. The molecule has 2 aromatic carbocycles. The summed E-state index contributed by atoms with van der Waals surface area (Å²) in [4.78, 5) is 29.3. The van der Waals surface area contributed by atoms with E-state index in [0.717, 1.165) is 56.6 Å². The summed E-state index contributed by atoms with van der Waals surface area (Å²) in [5.41, 5.74) is 7.72. The highest BCUT2D eigenvalue weighted by molar-refractivity contribution is 7.99. The van der Waals surface area contributed by atoms with Crippen molar-refractivity contribution in [2.45, 2.75) is 38.5 Å². The first kappa shape index (κ1) is 21.5. The van der Waals surface area contributed by atoms with Gasteiger partial charge < -0.3 is 15.0 Å². The SMILES string of the molecule is Cc1ccc2nc(SCC(=O)NCC3Cc4cccc(-c5nc(C)cnc5C)c4O3)[nH]c2c1. The molecule has 2 N–H and O–H groups in total. The highest BCUT2D eigenvalue weighted by Crippen LogP contribution is 2.38. The van der Waals surface area contributed by atoms with E-state index in [-0.39, 0.29) is 12.0 Å². The van der Waals surface area contributed by atoms with Crippen LogP contribution in [0.5, 0.6) is 5.75 Å². The molecule has 1 unspecified atom stereocenters. The predicted octanol–water partition coefficient (Wildman–Crippen LogP) is 4.16. The molecule has 1 amide bonds. The quantitative estimate of drug-likeness (QED) is 0.421. The van der Waals surface area contributed by atoms with Crippen LogP contribution < -0.4 is 10.1 Å². The Kier molecular flexibility index (Phi) is 5.76. The number of carbonyl (C=O) groups excluding carboxylic acids is 1. The summed E-state index contributed by atoms with van der Waals surface area (Å²) in [5.74, 6) is 1.09. The molecule has 168 valence electrons. The van der Waals surface area contributed by atoms with Crippen molar-refractivity contribution in [3.8, 4) is 17.0 Å². The summed E-state index contributed by atoms with van der Waals surface area (Å²) >= 11 is 1.40. The van der Waals surface area contributed by atoms with Gasteiger partial charge in [-0.05, 0) is 50.1 Å². The fourth-order valence-corrected chi connectivity index (χ4v) is 4.73. The van der Waals surface area contributed by atoms with E-state index in [1.807, 2.05) is 45.0 Å². The molecule has 33 heavy (non-hydrogen) atoms. The van der Waals surface area contributed by atoms with Crippen LogP contribution in [0.25, 0.3) is 22.3 Å². The molecule has 0 saturated heterocycles. The van der Waals surface area contributed by atoms with Crippen molar-refractivity contribution in [3.63, 3.8) is 0 Å². The first-order valence-electron chi connectivity index (χ1n) is 10.9. The second kappa shape index (κ2) is 8.86. The Bertz CT molecular complexity index is 1350. The maximum Gasteiger partial charge on any atom is 0.230 e. The number of carbonyl (C=O) groups is 1. The average molecular weight is 460 g/mol. The van der Waals surface area contributed by atoms with Gasteiger partial charge in [-0.25, -0.2) is 9.97 Å². The Morgan fingerprint density at radius 1 is 1.21 bits per heavy atom. The molecule has 0 radical (unpaired) electrons. The smallest absolute Gasteiger partial charge is 0.230 e. The van der Waals surface area contributed by atoms with Crippen LogP contribution in [-0.4, -0.2) is 44.2 Å². The molecule has 8 heteroatoms. The van der Waals surface area contributed by atoms with E-state index in [1.54, 1.807) is 6.20 Å². The number of amides is 1. The second-order valence-corrected chi connectivity index (χ2v) is 9.30. The van der Waals surface area contributed by atoms with Gasteiger partial charge in [0.15, 0.2) is 5.16 Å². The number of H-pyrrole nitrogens is 1. The molecule has 1 aliphatic rings. The molecular weight excluding hydrogens is 434 g/mol. The zero-order chi connectivity index (χ0) is 22.9. The third kappa shape index (κ3) is 4.57. The number of hydrogen-bond acceptors (Lipinski definition) is 6. The normalized spacial score (nSPS) is 14.8. The minimum atomic E-state index is -0.109. The van der Waals surface area contributed by atoms with Gasteiger partial charge in [0.05, 0.1) is 40.4 Å². The molecule has 1 aliphatic heterocycles. The summed E-state index contributed by atoms with van der Waals surface area (Å²) in [5, 5.41) is 3.74. The number of hydrogen-bond donors (Lipinski definition) is 2. The average Bonchev–Trinajstić information content (AvgIpc) is 3.40. The number of aryl methyl sites for hydroxylation is 3. The Balaban J connectivity index is 1.19. The Hall–Kier alpha value is -3.39. The molecule has 0 saturated carbocycles. The van der Waals surface area contributed by atoms with E-state index in [2.05, 4.69) is 37.4 Å². The van der Waals surface area contributed by atoms with Gasteiger partial charge in [0.1, 0.15) is 11.9 Å². The number of nitrogens with zero attached hydrogens (tertiary/aromatic N) is 3. The van der Waals surface area contributed by atoms with Gasteiger partial charge in [0.2, 0.25) is 5.91 Å². The molecule has 0 fully saturated rings. The number of nitrogens with one attached hydrogen (secondary N) is 2. The fraction of sp³-hybridized carbons (Fsp3) is 0.280. The Morgan fingerprint density at radius 2 is 2.09 bits per heavy atom. The highest BCUT2D eigenvalue weighted by atomic mass is 32.2. The molecule has 0 aliphatic carbocycles. The van der Waals surface area contributed by atoms with Gasteiger partial charge in [-0.1, -0.05) is 30.0 Å². The molecule has 7 nitrogen and oxygen atoms in total. The summed E-state index contributed by atoms with van der Waals surface area (Å²) in [6, 6.07) is 12.2. The number of aromatic amines is 1. The van der Waals surface area contributed by atoms with Crippen molar-refractivity contribution in [1.29, 1.82) is 0 Å². The molecule has 1 atom stereocenters. The van der Waals surface area contributed by atoms with Crippen molar-refractivity contribution in [2.24, 2.45) is 0 Å². The van der Waals surface area contributed by atoms with Crippen molar-refractivity contribution >= 4 is 28.7 Å². The number of fused-ring (bicyclic) bond motifs is 2. The second-order valence-electron chi connectivity index (χ2n) is 8.34. The molecular formula is C25H25N5O2S. The molecule has 4 aromatic rings. The van der Waals surface area contributed by atoms with E-state index < -0.39 is 0 Å². The van der Waals surface area contributed by atoms with Gasteiger partial charge >= 0.3 is 0 Å². The van der Waals surface area contributed by atoms with Crippen molar-refractivity contribution < 1.29 is 9.53 Å². The number of thioether (sulfide) groups is 1. The van der Waals surface area contributed by atoms with Crippen LogP contribution in [0.15, 0.2) is 47.8 Å². The Labute approximate surface area is 196 Å². The van der Waals surface area contributed by atoms with Gasteiger partial charge in [-0.2, -0.15) is 0 Å². The summed E-state index contributed by atoms with van der Waals surface area (Å²) in [7, 11) is 0. The maximum absolute atomic E-state index is 12.4. The van der Waals surface area contributed by atoms with Gasteiger partial charge in [0, 0.05) is 18.2 Å². The highest BCUT2D eigenvalue weighted by Gasteiger charge is 2.27. The summed E-state index contributed by atoms with van der Waals surface area (Å²) in [6.07, 6.45) is 2.41. The third-order valence-corrected chi connectivity index (χ3v) is 6.52. The third-order valence-electron chi connectivity index (χ3n) is 5.64. The van der Waals surface area contributed by atoms with E-state index in [9.17, 15) is 4.79 Å². The number of ether oxygens (including phenoxy) is 1. The first-order valence-corrected chi connectivity index (χ1v) is 11.9. The van der Waals surface area contributed by atoms with E-state index >= 15 is 0 Å². The molecule has 5 rings (SSSR count). The van der Waals surface area contributed by atoms with Crippen LogP contribution in [0.3, 0.4) is 0 Å². The molecule has 0 bridgehead atoms. The number of benzene rings is 2. The summed E-state index contributed by atoms with van der Waals surface area (Å²) < 4.78 is 6.24. The fourth-order valence-electron chi connectivity index (χ4n) is 4.01. The van der Waals surface area contributed by atoms with Crippen LogP contribution in [0.2, 0.25) is 0 Å². The lowest BCUT2D eigenvalue weighted by molar-refractivity contribution is -0.118. The largest absolute Gasteiger partial charge is 0.487 e. The van der Waals surface area contributed by atoms with Crippen molar-refractivity contribution in [1.82, 2.24) is 25.3 Å². The van der Waals surface area contributed by atoms with Crippen LogP contribution in [-0.2, 0) is 11.2 Å². The lowest BCUT2D eigenvalue weighted by Crippen LogP contribution is -2.35. The minimum absolute atomic E-state index is 0.0446. The predicted molar refractivity (Wildman–Crippen MR) is 130 cm³/mol. The topological polar surface area (TPSA) is 92.8 Å². The Morgan fingerprint density at radius 3 is 2.97 bits per heavy atom. The zero-order valence-electron chi connectivity index (χ0n) is 18.8. The minimum Gasteiger partial charge on any atom is -0.487 e. The van der Waals surface area contributed by atoms with Gasteiger partial charge in [0.25, 0.3) is 0 Å².